The summed E-state index contributed by atoms with van der Waals surface area (Å²) in [6.45, 7) is 0. The van der Waals surface area contributed by atoms with E-state index in [1.165, 1.54) is 6.20 Å². The van der Waals surface area contributed by atoms with Gasteiger partial charge in [0.2, 0.25) is 0 Å². The summed E-state index contributed by atoms with van der Waals surface area (Å²) in [7, 11) is 0. The Morgan fingerprint density at radius 1 is 1.67 bits per heavy atom. The van der Waals surface area contributed by atoms with E-state index >= 15 is 0 Å². The first-order valence-electron chi connectivity index (χ1n) is 4.95. The van der Waals surface area contributed by atoms with Crippen LogP contribution in [0.3, 0.4) is 0 Å². The molecule has 1 aliphatic rings. The lowest BCUT2D eigenvalue weighted by Gasteiger charge is -2.17. The van der Waals surface area contributed by atoms with Crippen LogP contribution in [0, 0.1) is 5.92 Å². The first-order chi connectivity index (χ1) is 7.31. The second-order valence-electron chi connectivity index (χ2n) is 3.71. The summed E-state index contributed by atoms with van der Waals surface area (Å²) >= 11 is 6.95. The minimum absolute atomic E-state index is 0.0768. The summed E-state index contributed by atoms with van der Waals surface area (Å²) in [5.41, 5.74) is 0. The van der Waals surface area contributed by atoms with Crippen LogP contribution in [-0.4, -0.2) is 27.4 Å². The molecule has 1 aromatic rings. The Labute approximate surface area is 97.2 Å². The van der Waals surface area contributed by atoms with Gasteiger partial charge in [-0.1, -0.05) is 10.9 Å². The highest BCUT2D eigenvalue weighted by molar-refractivity contribution is 7.07. The first kappa shape index (κ1) is 10.8. The van der Waals surface area contributed by atoms with E-state index in [1.54, 1.807) is 0 Å². The topological polar surface area (TPSA) is 54.9 Å². The molecule has 1 fully saturated rings. The lowest BCUT2D eigenvalue weighted by Crippen LogP contribution is -2.37. The largest absolute Gasteiger partial charge is 0.348 e. The average molecular weight is 246 g/mol. The van der Waals surface area contributed by atoms with Gasteiger partial charge in [-0.25, -0.2) is 0 Å². The number of alkyl halides is 1. The Morgan fingerprint density at radius 3 is 3.20 bits per heavy atom. The number of rotatable bonds is 3. The van der Waals surface area contributed by atoms with Crippen molar-refractivity contribution in [3.63, 3.8) is 0 Å². The molecule has 0 aromatic carbocycles. The molecule has 6 heteroatoms. The summed E-state index contributed by atoms with van der Waals surface area (Å²) in [4.78, 5) is 12.3. The number of carbonyl (C=O) groups excluding carboxylic acids is 1. The van der Waals surface area contributed by atoms with Crippen molar-refractivity contribution in [1.29, 1.82) is 0 Å². The number of carbonyl (C=O) groups is 1. The summed E-state index contributed by atoms with van der Waals surface area (Å²) in [5, 5.41) is 6.63. The highest BCUT2D eigenvalue weighted by Crippen LogP contribution is 2.26. The summed E-state index contributed by atoms with van der Waals surface area (Å²) in [5.74, 6) is 0.954. The van der Waals surface area contributed by atoms with Gasteiger partial charge in [0.15, 0.2) is 0 Å². The van der Waals surface area contributed by atoms with Gasteiger partial charge in [-0.05, 0) is 30.3 Å². The van der Waals surface area contributed by atoms with E-state index in [2.05, 4.69) is 14.9 Å². The number of halogens is 1. The molecule has 0 aliphatic heterocycles. The Morgan fingerprint density at radius 2 is 2.53 bits per heavy atom. The SMILES string of the molecule is O=C(NC1CCCC1CCl)c1cnns1. The molecule has 1 saturated carbocycles. The molecular weight excluding hydrogens is 234 g/mol. The normalized spacial score (nSPS) is 25.4. The van der Waals surface area contributed by atoms with E-state index in [1.807, 2.05) is 0 Å². The lowest BCUT2D eigenvalue weighted by atomic mass is 10.1. The summed E-state index contributed by atoms with van der Waals surface area (Å²) in [6, 6.07) is 0.220. The number of hydrogen-bond acceptors (Lipinski definition) is 4. The maximum atomic E-state index is 11.7. The third-order valence-electron chi connectivity index (χ3n) is 2.76. The molecule has 82 valence electrons. The van der Waals surface area contributed by atoms with E-state index < -0.39 is 0 Å². The Bertz CT molecular complexity index is 330. The molecule has 1 heterocycles. The number of amides is 1. The minimum atomic E-state index is -0.0768. The molecule has 0 saturated heterocycles. The highest BCUT2D eigenvalue weighted by atomic mass is 35.5. The summed E-state index contributed by atoms with van der Waals surface area (Å²) < 4.78 is 3.66. The van der Waals surface area contributed by atoms with Crippen LogP contribution in [-0.2, 0) is 0 Å². The minimum Gasteiger partial charge on any atom is -0.348 e. The van der Waals surface area contributed by atoms with Crippen molar-refractivity contribution in [2.24, 2.45) is 5.92 Å². The zero-order valence-electron chi connectivity index (χ0n) is 8.15. The van der Waals surface area contributed by atoms with Crippen molar-refractivity contribution in [2.75, 3.05) is 5.88 Å². The van der Waals surface area contributed by atoms with Gasteiger partial charge in [-0.15, -0.1) is 16.7 Å². The van der Waals surface area contributed by atoms with Crippen molar-refractivity contribution in [3.8, 4) is 0 Å². The maximum Gasteiger partial charge on any atom is 0.264 e. The number of aromatic nitrogens is 2. The molecule has 15 heavy (non-hydrogen) atoms. The van der Waals surface area contributed by atoms with Gasteiger partial charge in [0.05, 0.1) is 6.20 Å². The molecule has 2 rings (SSSR count). The van der Waals surface area contributed by atoms with Crippen molar-refractivity contribution >= 4 is 29.0 Å². The lowest BCUT2D eigenvalue weighted by molar-refractivity contribution is 0.0934. The number of nitrogens with one attached hydrogen (secondary N) is 1. The fraction of sp³-hybridized carbons (Fsp3) is 0.667. The molecule has 1 N–H and O–H groups in total. The van der Waals surface area contributed by atoms with Crippen LogP contribution < -0.4 is 5.32 Å². The van der Waals surface area contributed by atoms with Crippen LogP contribution in [0.4, 0.5) is 0 Å². The van der Waals surface area contributed by atoms with Crippen LogP contribution in [0.15, 0.2) is 6.20 Å². The van der Waals surface area contributed by atoms with Crippen molar-refractivity contribution < 1.29 is 4.79 Å². The predicted molar refractivity (Wildman–Crippen MR) is 59.2 cm³/mol. The van der Waals surface area contributed by atoms with Crippen LogP contribution in [0.2, 0.25) is 0 Å². The van der Waals surface area contributed by atoms with Gasteiger partial charge >= 0.3 is 0 Å². The fourth-order valence-corrected chi connectivity index (χ4v) is 2.71. The zero-order chi connectivity index (χ0) is 10.7. The van der Waals surface area contributed by atoms with Crippen LogP contribution in [0.25, 0.3) is 0 Å². The van der Waals surface area contributed by atoms with E-state index in [0.717, 1.165) is 30.8 Å². The van der Waals surface area contributed by atoms with Gasteiger partial charge in [-0.2, -0.15) is 0 Å². The Hall–Kier alpha value is -0.680. The van der Waals surface area contributed by atoms with E-state index in [9.17, 15) is 4.79 Å². The molecule has 0 spiro atoms. The molecule has 1 aromatic heterocycles. The molecule has 1 aliphatic carbocycles. The molecular formula is C9H12ClN3OS. The molecule has 1 amide bonds. The van der Waals surface area contributed by atoms with Crippen molar-refractivity contribution in [3.05, 3.63) is 11.1 Å². The van der Waals surface area contributed by atoms with Gasteiger partial charge in [0.1, 0.15) is 4.88 Å². The Kier molecular flexibility index (Phi) is 3.53. The van der Waals surface area contributed by atoms with Gasteiger partial charge in [0.25, 0.3) is 5.91 Å². The van der Waals surface area contributed by atoms with Crippen molar-refractivity contribution in [1.82, 2.24) is 14.9 Å². The predicted octanol–water partition coefficient (Wildman–Crippen LogP) is 1.68. The van der Waals surface area contributed by atoms with E-state index in [-0.39, 0.29) is 11.9 Å². The van der Waals surface area contributed by atoms with Crippen LogP contribution in [0.5, 0.6) is 0 Å². The molecule has 0 radical (unpaired) electrons. The van der Waals surface area contributed by atoms with Gasteiger partial charge < -0.3 is 5.32 Å². The zero-order valence-corrected chi connectivity index (χ0v) is 9.72. The summed E-state index contributed by atoms with van der Waals surface area (Å²) in [6.07, 6.45) is 4.76. The Balaban J connectivity index is 1.94. The average Bonchev–Trinajstić information content (AvgIpc) is 2.87. The first-order valence-corrected chi connectivity index (χ1v) is 6.26. The third-order valence-corrected chi connectivity index (χ3v) is 3.82. The van der Waals surface area contributed by atoms with E-state index in [4.69, 9.17) is 11.6 Å². The second-order valence-corrected chi connectivity index (χ2v) is 4.80. The van der Waals surface area contributed by atoms with E-state index in [0.29, 0.717) is 16.7 Å². The number of hydrogen-bond donors (Lipinski definition) is 1. The van der Waals surface area contributed by atoms with Gasteiger partial charge in [-0.3, -0.25) is 4.79 Å². The third kappa shape index (κ3) is 2.46. The van der Waals surface area contributed by atoms with Crippen LogP contribution in [0.1, 0.15) is 28.9 Å². The monoisotopic (exact) mass is 245 g/mol. The second kappa shape index (κ2) is 4.90. The maximum absolute atomic E-state index is 11.7. The molecule has 2 atom stereocenters. The van der Waals surface area contributed by atoms with Crippen molar-refractivity contribution in [2.45, 2.75) is 25.3 Å². The number of nitrogens with zero attached hydrogens (tertiary/aromatic N) is 2. The quantitative estimate of drug-likeness (QED) is 0.825. The van der Waals surface area contributed by atoms with Crippen LogP contribution >= 0.6 is 23.1 Å². The smallest absolute Gasteiger partial charge is 0.264 e. The molecule has 4 nitrogen and oxygen atoms in total. The standard InChI is InChI=1S/C9H12ClN3OS/c10-4-6-2-1-3-7(6)12-9(14)8-5-11-13-15-8/h5-7H,1-4H2,(H,12,14). The molecule has 0 bridgehead atoms. The highest BCUT2D eigenvalue weighted by Gasteiger charge is 2.28. The fourth-order valence-electron chi connectivity index (χ4n) is 1.92. The van der Waals surface area contributed by atoms with Gasteiger partial charge in [0, 0.05) is 11.9 Å². The molecule has 2 unspecified atom stereocenters.